The molecule has 7 atom stereocenters. The van der Waals surface area contributed by atoms with Crippen molar-refractivity contribution in [2.45, 2.75) is 224 Å². The number of aromatic nitrogens is 8. The second-order valence-electron chi connectivity index (χ2n) is 37.3. The van der Waals surface area contributed by atoms with Crippen molar-refractivity contribution in [3.05, 3.63) is 201 Å². The van der Waals surface area contributed by atoms with Crippen molar-refractivity contribution in [3.8, 4) is 0 Å². The van der Waals surface area contributed by atoms with Crippen molar-refractivity contribution in [2.24, 2.45) is 13.0 Å². The second kappa shape index (κ2) is 42.5. The molecule has 6 saturated heterocycles. The highest BCUT2D eigenvalue weighted by Crippen LogP contribution is 2.45. The van der Waals surface area contributed by atoms with E-state index < -0.39 is 20.0 Å². The van der Waals surface area contributed by atoms with Crippen molar-refractivity contribution in [1.82, 2.24) is 91.4 Å². The highest BCUT2D eigenvalue weighted by molar-refractivity contribution is 7.89. The smallest absolute Gasteiger partial charge is 0.273 e. The molecule has 10 aromatic rings. The zero-order valence-electron chi connectivity index (χ0n) is 77.0. The van der Waals surface area contributed by atoms with E-state index in [0.29, 0.717) is 109 Å². The number of anilines is 3. The Morgan fingerprint density at radius 1 is 0.409 bits per heavy atom. The Bertz CT molecular complexity index is 5970. The fourth-order valence-electron chi connectivity index (χ4n) is 17.4. The number of ketones is 1. The van der Waals surface area contributed by atoms with E-state index in [2.05, 4.69) is 108 Å². The number of likely N-dealkylation sites (tertiary alicyclic amines) is 1. The van der Waals surface area contributed by atoms with Crippen LogP contribution in [0.1, 0.15) is 286 Å². The van der Waals surface area contributed by atoms with Gasteiger partial charge in [0.2, 0.25) is 37.8 Å². The van der Waals surface area contributed by atoms with E-state index in [9.17, 15) is 60.0 Å². The number of carbonyl (C=O) groups excluding carboxylic acids is 9. The number of carbonyl (C=O) groups is 9. The lowest BCUT2D eigenvalue weighted by atomic mass is 9.99. The van der Waals surface area contributed by atoms with Crippen LogP contribution in [0.5, 0.6) is 0 Å². The highest BCUT2D eigenvalue weighted by atomic mass is 32.2. The average Bonchev–Trinajstić information content (AvgIpc) is 1.61. The van der Waals surface area contributed by atoms with Crippen molar-refractivity contribution >= 4 is 90.3 Å². The summed E-state index contributed by atoms with van der Waals surface area (Å²) >= 11 is 0. The first kappa shape index (κ1) is 96.0. The molecule has 22 rings (SSSR count). The summed E-state index contributed by atoms with van der Waals surface area (Å²) in [5, 5.41) is 53.7. The summed E-state index contributed by atoms with van der Waals surface area (Å²) in [6, 6.07) is 34.8. The Hall–Kier alpha value is -12.7. The fourth-order valence-corrected chi connectivity index (χ4v) is 20.4. The molecule has 6 aliphatic carbocycles. The normalized spacial score (nSPS) is 21.9. The van der Waals surface area contributed by atoms with Gasteiger partial charge < -0.3 is 75.0 Å². The number of hydrogen-bond acceptors (Lipinski definition) is 29. The van der Waals surface area contributed by atoms with Crippen LogP contribution in [0.2, 0.25) is 0 Å². The third-order valence-corrected chi connectivity index (χ3v) is 29.8. The largest absolute Gasteiger partial charge is 0.360 e. The highest BCUT2D eigenvalue weighted by Gasteiger charge is 2.42. The number of benzene rings is 3. The number of hydrogen-bond donors (Lipinski definition) is 9. The molecule has 726 valence electrons. The summed E-state index contributed by atoms with van der Waals surface area (Å²) in [7, 11) is -3.44. The number of nitrogens with zero attached hydrogens (tertiary/aromatic N) is 12. The first-order valence-corrected chi connectivity index (χ1v) is 50.1. The van der Waals surface area contributed by atoms with Gasteiger partial charge >= 0.3 is 0 Å². The molecule has 9 N–H and O–H groups in total. The number of sulfonamides is 2. The standard InChI is InChI=1S/2C19H22N4O5S.C18H21N3O2.C17H20N4O3.2C11H15N3O2/c2*1-12(24)20-14-4-6-16(7-5-14)29(26,27)23-9-8-15(11-23)21-19(25)17-10-18(28-22-17)13-2-3-13;1-21-10-9-14(17(21)13-5-3-2-4-6-13)19-18(22)15-11-16(23-20-15)12-7-8-12;1-10-7-16(20(2)18-10)21-6-5-12(17(21)23)8-14(22)13-9-15(24-19-13)11-3-4-11;2*15-11(13-8-3-4-12-6-8)9-5-10(16-14-9)7-1-2-7/h2*4-7,10,13,15H,2-3,8-9,11H2,1H3,(H,20,24)(H,21,25);2-6,11-12,14,17H,7-10H2,1H3,(H,19,22);7,9,11-12H,3-6,8H2,1-2H3;2*5,7-8,12H,1-4,6H2,(H,13,15)/t2*15-;;;2*8-/m10..10/s1. The number of amides is 8. The molecule has 40 nitrogen and oxygen atoms in total. The van der Waals surface area contributed by atoms with Crippen molar-refractivity contribution < 1.29 is 87.1 Å². The van der Waals surface area contributed by atoms with E-state index in [1.165, 1.54) is 52.3 Å². The van der Waals surface area contributed by atoms with Gasteiger partial charge in [-0.2, -0.15) is 13.7 Å². The van der Waals surface area contributed by atoms with E-state index in [4.69, 9.17) is 27.1 Å². The maximum atomic E-state index is 12.9. The van der Waals surface area contributed by atoms with Gasteiger partial charge in [0, 0.05) is 199 Å². The number of Topliss-reactive ketones (excluding diaryl/α,β-unsaturated/α-hetero) is 1. The van der Waals surface area contributed by atoms with Gasteiger partial charge in [-0.1, -0.05) is 61.3 Å². The van der Waals surface area contributed by atoms with Crippen LogP contribution in [0.3, 0.4) is 0 Å². The predicted molar refractivity (Wildman–Crippen MR) is 494 cm³/mol. The van der Waals surface area contributed by atoms with Gasteiger partial charge in [0.15, 0.2) is 34.3 Å². The molecule has 6 saturated carbocycles. The van der Waals surface area contributed by atoms with Crippen LogP contribution in [0.15, 0.2) is 158 Å². The van der Waals surface area contributed by atoms with Gasteiger partial charge in [0.05, 0.1) is 27.6 Å². The minimum Gasteiger partial charge on any atom is -0.360 e. The molecule has 8 amide bonds. The van der Waals surface area contributed by atoms with Gasteiger partial charge in [0.1, 0.15) is 46.1 Å². The maximum absolute atomic E-state index is 12.9. The molecule has 12 aliphatic rings. The number of rotatable bonds is 27. The lowest BCUT2D eigenvalue weighted by molar-refractivity contribution is -0.120. The molecule has 7 aromatic heterocycles. The molecule has 137 heavy (non-hydrogen) atoms. The Morgan fingerprint density at radius 2 is 0.766 bits per heavy atom. The van der Waals surface area contributed by atoms with Gasteiger partial charge in [0.25, 0.3) is 29.5 Å². The summed E-state index contributed by atoms with van der Waals surface area (Å²) in [6.07, 6.45) is 18.1. The van der Waals surface area contributed by atoms with Crippen LogP contribution >= 0.6 is 0 Å². The van der Waals surface area contributed by atoms with Crippen LogP contribution in [-0.2, 0) is 41.5 Å². The molecular formula is C95H115N21O19S2. The quantitative estimate of drug-likeness (QED) is 0.0216. The average molecular weight is 1920 g/mol. The van der Waals surface area contributed by atoms with Crippen LogP contribution in [-0.4, -0.2) is 227 Å². The molecule has 0 spiro atoms. The number of likely N-dealkylation sites (N-methyl/N-ethyl adjacent to an activating group) is 1. The molecule has 0 bridgehead atoms. The first-order chi connectivity index (χ1) is 66.0. The SMILES string of the molecule is CC(=O)Nc1ccc(S(=O)(=O)N2CC[C@@H](NC(=O)c3cc(C4CC4)on3)C2)cc1.CC(=O)Nc1ccc(S(=O)(=O)N2CC[C@H](NC(=O)c3cc(C4CC4)on3)C2)cc1.CN1CCC(NC(=O)c2cc(C3CC3)on2)C1c1ccccc1.Cc1cc(N2CCC(CC(=O)c3cc(C4CC4)on3)C2=O)n(C)n1.O=C(N[C@@H]1CCNC1)c1cc(C2CC2)on1.O=C(N[C@H]1CCNC1)c1cc(C2CC2)on1. The molecule has 6 aliphatic heterocycles. The molecular weight excluding hydrogens is 1800 g/mol. The van der Waals surface area contributed by atoms with Crippen LogP contribution in [0.4, 0.5) is 17.2 Å². The summed E-state index contributed by atoms with van der Waals surface area (Å²) in [6.45, 7) is 10.9. The molecule has 3 aromatic carbocycles. The Kier molecular flexibility index (Phi) is 29.8. The third-order valence-electron chi connectivity index (χ3n) is 26.0. The Labute approximate surface area is 791 Å². The summed E-state index contributed by atoms with van der Waals surface area (Å²) in [4.78, 5) is 112. The molecule has 13 heterocycles. The number of nitrogens with one attached hydrogen (secondary N) is 9. The Morgan fingerprint density at radius 3 is 1.11 bits per heavy atom. The van der Waals surface area contributed by atoms with E-state index in [1.54, 1.807) is 70.2 Å². The minimum absolute atomic E-state index is 0.0164. The summed E-state index contributed by atoms with van der Waals surface area (Å²) < 4.78 is 87.0. The van der Waals surface area contributed by atoms with Crippen molar-refractivity contribution in [3.63, 3.8) is 0 Å². The van der Waals surface area contributed by atoms with E-state index in [0.717, 1.165) is 175 Å². The second-order valence-corrected chi connectivity index (χ2v) is 41.2. The van der Waals surface area contributed by atoms with Crippen molar-refractivity contribution in [2.75, 3.05) is 88.0 Å². The maximum Gasteiger partial charge on any atom is 0.273 e. The van der Waals surface area contributed by atoms with E-state index >= 15 is 0 Å². The topological polar surface area (TPSA) is 517 Å². The first-order valence-electron chi connectivity index (χ1n) is 47.2. The number of aryl methyl sites for hydroxylation is 2. The Balaban J connectivity index is 0.000000115. The van der Waals surface area contributed by atoms with Gasteiger partial charge in [-0.05, 0) is 197 Å². The molecule has 42 heteroatoms. The van der Waals surface area contributed by atoms with Gasteiger partial charge in [-0.15, -0.1) is 0 Å². The van der Waals surface area contributed by atoms with Crippen LogP contribution < -0.4 is 52.8 Å². The third kappa shape index (κ3) is 25.0. The van der Waals surface area contributed by atoms with Crippen LogP contribution in [0.25, 0.3) is 0 Å². The van der Waals surface area contributed by atoms with Crippen LogP contribution in [0, 0.1) is 12.8 Å². The lowest BCUT2D eigenvalue weighted by Crippen LogP contribution is -2.39. The van der Waals surface area contributed by atoms with Gasteiger partial charge in [-0.3, -0.25) is 57.6 Å². The monoisotopic (exact) mass is 1920 g/mol. The fraction of sp³-hybridized carbons (Fsp3) is 0.495. The minimum atomic E-state index is -3.68. The molecule has 3 unspecified atom stereocenters. The zero-order chi connectivity index (χ0) is 95.8. The molecule has 0 radical (unpaired) electrons. The molecule has 12 fully saturated rings. The predicted octanol–water partition coefficient (Wildman–Crippen LogP) is 9.64. The zero-order valence-corrected chi connectivity index (χ0v) is 78.6. The van der Waals surface area contributed by atoms with E-state index in [1.807, 2.05) is 38.2 Å². The summed E-state index contributed by atoms with van der Waals surface area (Å²) in [5.41, 5.74) is 5.17. The van der Waals surface area contributed by atoms with Crippen molar-refractivity contribution in [1.29, 1.82) is 0 Å². The lowest BCUT2D eigenvalue weighted by Gasteiger charge is -2.25. The van der Waals surface area contributed by atoms with E-state index in [-0.39, 0.29) is 136 Å². The summed E-state index contributed by atoms with van der Waals surface area (Å²) in [5.74, 6) is 6.26. The van der Waals surface area contributed by atoms with Gasteiger partial charge in [-0.25, -0.2) is 16.8 Å².